The van der Waals surface area contributed by atoms with Crippen molar-refractivity contribution in [3.05, 3.63) is 54.1 Å². The van der Waals surface area contributed by atoms with Crippen LogP contribution >= 0.6 is 0 Å². The van der Waals surface area contributed by atoms with Gasteiger partial charge in [-0.1, -0.05) is 45.9 Å². The zero-order valence-corrected chi connectivity index (χ0v) is 25.7. The average molecular weight is 574 g/mol. The molecule has 1 fully saturated rings. The lowest BCUT2D eigenvalue weighted by molar-refractivity contribution is -0.118. The average Bonchev–Trinajstić information content (AvgIpc) is 3.84. The molecular weight excluding hydrogens is 526 g/mol. The van der Waals surface area contributed by atoms with E-state index in [2.05, 4.69) is 64.9 Å². The van der Waals surface area contributed by atoms with Gasteiger partial charge in [0.1, 0.15) is 0 Å². The largest absolute Gasteiger partial charge is 0.381 e. The molecule has 3 aromatic heterocycles. The number of nitrogens with zero attached hydrogens (tertiary/aromatic N) is 5. The third kappa shape index (κ3) is 8.04. The molecule has 2 aliphatic rings. The highest BCUT2D eigenvalue weighted by Gasteiger charge is 2.23. The van der Waals surface area contributed by atoms with E-state index in [1.54, 1.807) is 4.90 Å². The van der Waals surface area contributed by atoms with Gasteiger partial charge in [-0.25, -0.2) is 0 Å². The number of aromatic amines is 1. The van der Waals surface area contributed by atoms with Gasteiger partial charge in [-0.15, -0.1) is 0 Å². The molecule has 0 saturated carbocycles. The van der Waals surface area contributed by atoms with E-state index in [-0.39, 0.29) is 0 Å². The van der Waals surface area contributed by atoms with Crippen molar-refractivity contribution in [1.29, 1.82) is 0 Å². The van der Waals surface area contributed by atoms with Gasteiger partial charge < -0.3 is 15.0 Å². The van der Waals surface area contributed by atoms with Crippen molar-refractivity contribution in [2.75, 3.05) is 32.8 Å². The number of aryl methyl sites for hydroxylation is 1. The van der Waals surface area contributed by atoms with Gasteiger partial charge >= 0.3 is 0 Å². The number of fused-ring (bicyclic) bond motifs is 2. The first-order valence-electron chi connectivity index (χ1n) is 15.6. The second kappa shape index (κ2) is 16.2. The first-order valence-corrected chi connectivity index (χ1v) is 15.6. The molecule has 1 amide bonds. The monoisotopic (exact) mass is 573 g/mol. The molecule has 1 unspecified atom stereocenters. The minimum absolute atomic E-state index is 0.583. The van der Waals surface area contributed by atoms with Crippen LogP contribution in [0.5, 0.6) is 0 Å². The van der Waals surface area contributed by atoms with E-state index in [9.17, 15) is 4.79 Å². The van der Waals surface area contributed by atoms with Crippen LogP contribution in [0, 0.1) is 5.92 Å². The van der Waals surface area contributed by atoms with Crippen LogP contribution in [0.2, 0.25) is 0 Å². The molecule has 1 saturated heterocycles. The number of H-pyrrole nitrogens is 1. The number of benzene rings is 1. The summed E-state index contributed by atoms with van der Waals surface area (Å²) in [5, 5.41) is 17.9. The van der Waals surface area contributed by atoms with Crippen molar-refractivity contribution in [1.82, 2.24) is 35.2 Å². The summed E-state index contributed by atoms with van der Waals surface area (Å²) in [6.45, 7) is 14.8. The molecule has 0 aliphatic carbocycles. The lowest BCUT2D eigenvalue weighted by Gasteiger charge is -2.23. The Morgan fingerprint density at radius 1 is 1.17 bits per heavy atom. The number of amides is 1. The number of carbonyl (C=O) groups excluding carboxylic acids is 1. The molecule has 226 valence electrons. The van der Waals surface area contributed by atoms with Crippen molar-refractivity contribution >= 4 is 17.2 Å². The van der Waals surface area contributed by atoms with Crippen LogP contribution in [-0.2, 0) is 29.0 Å². The number of pyridine rings is 1. The molecule has 0 spiro atoms. The minimum atomic E-state index is 0.583. The predicted molar refractivity (Wildman–Crippen MR) is 169 cm³/mol. The zero-order chi connectivity index (χ0) is 29.7. The van der Waals surface area contributed by atoms with E-state index < -0.39 is 0 Å². The number of nitrogens with one attached hydrogen (secondary N) is 2. The lowest BCUT2D eigenvalue weighted by Crippen LogP contribution is -2.28. The normalized spacial score (nSPS) is 14.9. The van der Waals surface area contributed by atoms with Gasteiger partial charge in [0.2, 0.25) is 6.41 Å². The zero-order valence-electron chi connectivity index (χ0n) is 25.7. The molecule has 0 bridgehead atoms. The molecule has 5 heterocycles. The summed E-state index contributed by atoms with van der Waals surface area (Å²) in [5.41, 5.74) is 6.09. The fourth-order valence-electron chi connectivity index (χ4n) is 5.32. The number of rotatable bonds is 10. The van der Waals surface area contributed by atoms with E-state index in [0.29, 0.717) is 12.5 Å². The van der Waals surface area contributed by atoms with Crippen LogP contribution < -0.4 is 5.32 Å². The Labute approximate surface area is 250 Å². The molecule has 2 aliphatic heterocycles. The van der Waals surface area contributed by atoms with E-state index in [1.165, 1.54) is 19.3 Å². The second-order valence-electron chi connectivity index (χ2n) is 10.8. The standard InChI is InChI=1S/C27H33N7O.C4H8O.C2H6/c1-3-28-10-7-19(2)8-12-34-16-21(14-30-34)26-13-20-5-4-6-22(23(20)15-29-26)27-24-17-33(18-35)11-9-25(24)31-32-27;1-2-4-5-3-1;1-2/h4-6,13-16,18-19,28H,3,7-12,17H2,1-2H3,(H,31,32);1-4H2;1-2H3. The summed E-state index contributed by atoms with van der Waals surface area (Å²) in [6.07, 6.45) is 12.5. The number of carbonyl (C=O) groups is 1. The number of hydrogen-bond donors (Lipinski definition) is 2. The summed E-state index contributed by atoms with van der Waals surface area (Å²) in [7, 11) is 0. The van der Waals surface area contributed by atoms with E-state index >= 15 is 0 Å². The van der Waals surface area contributed by atoms with Crippen molar-refractivity contribution in [2.24, 2.45) is 5.92 Å². The Hall–Kier alpha value is -3.56. The maximum atomic E-state index is 11.3. The van der Waals surface area contributed by atoms with Crippen LogP contribution in [-0.4, -0.2) is 69.1 Å². The summed E-state index contributed by atoms with van der Waals surface area (Å²) in [4.78, 5) is 17.9. The Balaban J connectivity index is 0.000000516. The molecule has 9 nitrogen and oxygen atoms in total. The molecule has 6 rings (SSSR count). The maximum Gasteiger partial charge on any atom is 0.210 e. The molecule has 4 aromatic rings. The molecule has 9 heteroatoms. The van der Waals surface area contributed by atoms with Gasteiger partial charge in [0.05, 0.1) is 17.6 Å². The molecule has 0 radical (unpaired) electrons. The van der Waals surface area contributed by atoms with Crippen molar-refractivity contribution in [3.63, 3.8) is 0 Å². The van der Waals surface area contributed by atoms with E-state index in [0.717, 1.165) is 103 Å². The Morgan fingerprint density at radius 3 is 2.74 bits per heavy atom. The van der Waals surface area contributed by atoms with Gasteiger partial charge in [-0.05, 0) is 56.1 Å². The maximum absolute atomic E-state index is 11.3. The number of ether oxygens (including phenoxy) is 1. The summed E-state index contributed by atoms with van der Waals surface area (Å²) in [5.74, 6) is 0.658. The molecular formula is C33H47N7O2. The first-order chi connectivity index (χ1) is 20.7. The van der Waals surface area contributed by atoms with Gasteiger partial charge in [-0.2, -0.15) is 10.2 Å². The van der Waals surface area contributed by atoms with Crippen LogP contribution in [0.15, 0.2) is 42.9 Å². The number of aromatic nitrogens is 5. The Kier molecular flexibility index (Phi) is 12.1. The van der Waals surface area contributed by atoms with Crippen molar-refractivity contribution in [3.8, 4) is 22.5 Å². The molecule has 42 heavy (non-hydrogen) atoms. The van der Waals surface area contributed by atoms with Crippen LogP contribution in [0.3, 0.4) is 0 Å². The van der Waals surface area contributed by atoms with Crippen molar-refractivity contribution < 1.29 is 9.53 Å². The third-order valence-corrected chi connectivity index (χ3v) is 7.80. The first kappa shape index (κ1) is 31.4. The second-order valence-corrected chi connectivity index (χ2v) is 10.8. The van der Waals surface area contributed by atoms with E-state index in [4.69, 9.17) is 9.72 Å². The minimum Gasteiger partial charge on any atom is -0.381 e. The quantitative estimate of drug-likeness (QED) is 0.182. The van der Waals surface area contributed by atoms with Gasteiger partial charge in [0, 0.05) is 79.4 Å². The summed E-state index contributed by atoms with van der Waals surface area (Å²) in [6, 6.07) is 8.36. The number of hydrogen-bond acceptors (Lipinski definition) is 6. The third-order valence-electron chi connectivity index (χ3n) is 7.80. The fourth-order valence-corrected chi connectivity index (χ4v) is 5.32. The van der Waals surface area contributed by atoms with Crippen molar-refractivity contribution in [2.45, 2.75) is 72.9 Å². The summed E-state index contributed by atoms with van der Waals surface area (Å²) >= 11 is 0. The molecule has 1 atom stereocenters. The van der Waals surface area contributed by atoms with Gasteiger partial charge in [0.15, 0.2) is 0 Å². The van der Waals surface area contributed by atoms with Crippen LogP contribution in [0.1, 0.15) is 64.6 Å². The fraction of sp³-hybridized carbons (Fsp3) is 0.515. The summed E-state index contributed by atoms with van der Waals surface area (Å²) < 4.78 is 6.97. The lowest BCUT2D eigenvalue weighted by atomic mass is 9.97. The van der Waals surface area contributed by atoms with Crippen LogP contribution in [0.25, 0.3) is 33.3 Å². The SMILES string of the molecule is C1CCOC1.CC.CCNCCC(C)CCn1cc(-c2cc3cccc(-c4n[nH]c5c4CN(C=O)CC5)c3cn2)cn1. The predicted octanol–water partition coefficient (Wildman–Crippen LogP) is 5.85. The van der Waals surface area contributed by atoms with E-state index in [1.807, 2.05) is 30.9 Å². The molecule has 1 aromatic carbocycles. The smallest absolute Gasteiger partial charge is 0.210 e. The highest BCUT2D eigenvalue weighted by Crippen LogP contribution is 2.34. The topological polar surface area (TPSA) is 101 Å². The van der Waals surface area contributed by atoms with Gasteiger partial charge in [0.25, 0.3) is 0 Å². The molecule has 2 N–H and O–H groups in total. The highest BCUT2D eigenvalue weighted by molar-refractivity contribution is 5.97. The van der Waals surface area contributed by atoms with Crippen LogP contribution in [0.4, 0.5) is 0 Å². The van der Waals surface area contributed by atoms with Gasteiger partial charge in [-0.3, -0.25) is 19.6 Å². The Bertz CT molecular complexity index is 1380. The highest BCUT2D eigenvalue weighted by atomic mass is 16.5. The Morgan fingerprint density at radius 2 is 2.00 bits per heavy atom.